The molecule has 0 amide bonds. The number of hydrogen-bond acceptors (Lipinski definition) is 3. The maximum absolute atomic E-state index is 6.19. The van der Waals surface area contributed by atoms with Gasteiger partial charge >= 0.3 is 0 Å². The summed E-state index contributed by atoms with van der Waals surface area (Å²) in [6.45, 7) is 2.10. The van der Waals surface area contributed by atoms with E-state index in [1.54, 1.807) is 22.7 Å². The smallest absolute Gasteiger partial charge is 0.0843 e. The monoisotopic (exact) mass is 365 g/mol. The van der Waals surface area contributed by atoms with Crippen LogP contribution in [0.3, 0.4) is 0 Å². The van der Waals surface area contributed by atoms with Gasteiger partial charge in [-0.05, 0) is 61.9 Å². The molecule has 0 saturated heterocycles. The zero-order valence-electron chi connectivity index (χ0n) is 7.96. The lowest BCUT2D eigenvalue weighted by Gasteiger charge is -2.06. The Hall–Kier alpha value is 0.320. The van der Waals surface area contributed by atoms with Crippen LogP contribution in [0.15, 0.2) is 25.8 Å². The van der Waals surface area contributed by atoms with E-state index >= 15 is 0 Å². The van der Waals surface area contributed by atoms with Crippen molar-refractivity contribution in [1.82, 2.24) is 0 Å². The summed E-state index contributed by atoms with van der Waals surface area (Å²) in [5.74, 6) is 0. The summed E-state index contributed by atoms with van der Waals surface area (Å²) in [4.78, 5) is 2.47. The topological polar surface area (TPSA) is 26.0 Å². The van der Waals surface area contributed by atoms with Crippen LogP contribution in [0.25, 0.3) is 0 Å². The van der Waals surface area contributed by atoms with Gasteiger partial charge in [0.15, 0.2) is 0 Å². The summed E-state index contributed by atoms with van der Waals surface area (Å²) < 4.78 is 2.17. The lowest BCUT2D eigenvalue weighted by Crippen LogP contribution is -2.08. The fourth-order valence-electron chi connectivity index (χ4n) is 1.31. The fraction of sp³-hybridized carbons (Fsp3) is 0.200. The first kappa shape index (κ1) is 11.8. The summed E-state index contributed by atoms with van der Waals surface area (Å²) in [5.41, 5.74) is 7.38. The highest BCUT2D eigenvalue weighted by Crippen LogP contribution is 2.37. The van der Waals surface area contributed by atoms with Crippen molar-refractivity contribution in [3.63, 3.8) is 0 Å². The van der Waals surface area contributed by atoms with Crippen LogP contribution in [-0.2, 0) is 0 Å². The Bertz CT molecular complexity index is 456. The minimum absolute atomic E-state index is 0.0115. The van der Waals surface area contributed by atoms with Crippen molar-refractivity contribution < 1.29 is 0 Å². The van der Waals surface area contributed by atoms with Crippen molar-refractivity contribution in [3.8, 4) is 0 Å². The molecule has 2 N–H and O–H groups in total. The second-order valence-electron chi connectivity index (χ2n) is 3.24. The van der Waals surface area contributed by atoms with Crippen molar-refractivity contribution in [2.45, 2.75) is 13.0 Å². The predicted molar refractivity (Wildman–Crippen MR) is 74.8 cm³/mol. The molecule has 15 heavy (non-hydrogen) atoms. The van der Waals surface area contributed by atoms with E-state index in [1.807, 2.05) is 0 Å². The van der Waals surface area contributed by atoms with Gasteiger partial charge in [-0.3, -0.25) is 0 Å². The highest BCUT2D eigenvalue weighted by molar-refractivity contribution is 9.13. The molecule has 0 aliphatic rings. The number of halogens is 2. The van der Waals surface area contributed by atoms with Gasteiger partial charge in [-0.1, -0.05) is 0 Å². The van der Waals surface area contributed by atoms with Gasteiger partial charge in [-0.25, -0.2) is 0 Å². The van der Waals surface area contributed by atoms with Crippen LogP contribution < -0.4 is 5.73 Å². The molecule has 0 aliphatic heterocycles. The quantitative estimate of drug-likeness (QED) is 0.819. The zero-order valence-corrected chi connectivity index (χ0v) is 12.8. The van der Waals surface area contributed by atoms with Gasteiger partial charge in [0.05, 0.1) is 9.83 Å². The van der Waals surface area contributed by atoms with E-state index in [9.17, 15) is 0 Å². The number of aryl methyl sites for hydroxylation is 1. The van der Waals surface area contributed by atoms with Gasteiger partial charge in [0.1, 0.15) is 0 Å². The van der Waals surface area contributed by atoms with Crippen LogP contribution in [-0.4, -0.2) is 0 Å². The number of nitrogens with two attached hydrogens (primary N) is 1. The first-order valence-electron chi connectivity index (χ1n) is 4.33. The van der Waals surface area contributed by atoms with Crippen molar-refractivity contribution in [2.75, 3.05) is 0 Å². The molecule has 2 heterocycles. The SMILES string of the molecule is Cc1cc(C(N)c2cc(Br)c(Br)s2)cs1. The van der Waals surface area contributed by atoms with E-state index < -0.39 is 0 Å². The summed E-state index contributed by atoms with van der Waals surface area (Å²) in [5, 5.41) is 2.13. The molecule has 0 saturated carbocycles. The third-order valence-electron chi connectivity index (χ3n) is 2.08. The molecule has 2 aromatic heterocycles. The molecule has 1 nitrogen and oxygen atoms in total. The van der Waals surface area contributed by atoms with Crippen molar-refractivity contribution in [2.24, 2.45) is 5.73 Å². The first-order valence-corrected chi connectivity index (χ1v) is 7.61. The van der Waals surface area contributed by atoms with Gasteiger partial charge < -0.3 is 5.73 Å². The maximum atomic E-state index is 6.19. The van der Waals surface area contributed by atoms with E-state index in [0.717, 1.165) is 8.26 Å². The van der Waals surface area contributed by atoms with E-state index in [1.165, 1.54) is 15.3 Å². The van der Waals surface area contributed by atoms with Crippen LogP contribution >= 0.6 is 54.5 Å². The molecule has 0 bridgehead atoms. The van der Waals surface area contributed by atoms with Gasteiger partial charge in [0.2, 0.25) is 0 Å². The normalized spacial score (nSPS) is 13.1. The van der Waals surface area contributed by atoms with Gasteiger partial charge in [0.25, 0.3) is 0 Å². The molecule has 2 rings (SSSR count). The van der Waals surface area contributed by atoms with Crippen LogP contribution in [0.1, 0.15) is 21.4 Å². The predicted octanol–water partition coefficient (Wildman–Crippen LogP) is 4.69. The minimum Gasteiger partial charge on any atom is -0.320 e. The molecule has 0 radical (unpaired) electrons. The van der Waals surface area contributed by atoms with Crippen LogP contribution in [0.2, 0.25) is 0 Å². The van der Waals surface area contributed by atoms with Gasteiger partial charge in [-0.15, -0.1) is 22.7 Å². The number of hydrogen-bond donors (Lipinski definition) is 1. The second kappa shape index (κ2) is 4.67. The molecular weight excluding hydrogens is 358 g/mol. The van der Waals surface area contributed by atoms with E-state index in [4.69, 9.17) is 5.73 Å². The molecule has 2 aromatic rings. The summed E-state index contributed by atoms with van der Waals surface area (Å²) in [6, 6.07) is 4.21. The second-order valence-corrected chi connectivity index (χ2v) is 7.61. The lowest BCUT2D eigenvalue weighted by molar-refractivity contribution is 0.898. The molecule has 5 heteroatoms. The summed E-state index contributed by atoms with van der Waals surface area (Å²) >= 11 is 10.4. The Kier molecular flexibility index (Phi) is 3.67. The Morgan fingerprint density at radius 3 is 2.53 bits per heavy atom. The third-order valence-corrected chi connectivity index (χ3v) is 6.30. The molecule has 0 fully saturated rings. The highest BCUT2D eigenvalue weighted by atomic mass is 79.9. The standard InChI is InChI=1S/C10H9Br2NS2/c1-5-2-6(4-14-5)9(13)8-3-7(11)10(12)15-8/h2-4,9H,13H2,1H3. The Morgan fingerprint density at radius 2 is 2.07 bits per heavy atom. The molecule has 1 unspecified atom stereocenters. The Morgan fingerprint density at radius 1 is 1.33 bits per heavy atom. The van der Waals surface area contributed by atoms with Crippen LogP contribution in [0.4, 0.5) is 0 Å². The van der Waals surface area contributed by atoms with Gasteiger partial charge in [-0.2, -0.15) is 0 Å². The Labute approximate surface area is 114 Å². The maximum Gasteiger partial charge on any atom is 0.0843 e. The fourth-order valence-corrected chi connectivity index (χ4v) is 4.17. The van der Waals surface area contributed by atoms with Crippen molar-refractivity contribution >= 4 is 54.5 Å². The lowest BCUT2D eigenvalue weighted by atomic mass is 10.1. The average Bonchev–Trinajstić information content (AvgIpc) is 2.74. The van der Waals surface area contributed by atoms with Crippen molar-refractivity contribution in [1.29, 1.82) is 0 Å². The zero-order chi connectivity index (χ0) is 11.0. The number of thiophene rings is 2. The average molecular weight is 367 g/mol. The number of rotatable bonds is 2. The molecule has 0 spiro atoms. The molecular formula is C10H9Br2NS2. The molecule has 1 atom stereocenters. The van der Waals surface area contributed by atoms with Gasteiger partial charge in [0, 0.05) is 14.2 Å². The van der Waals surface area contributed by atoms with E-state index in [2.05, 4.69) is 56.3 Å². The largest absolute Gasteiger partial charge is 0.320 e. The van der Waals surface area contributed by atoms with E-state index in [-0.39, 0.29) is 6.04 Å². The van der Waals surface area contributed by atoms with Crippen molar-refractivity contribution in [3.05, 3.63) is 41.1 Å². The van der Waals surface area contributed by atoms with Crippen LogP contribution in [0, 0.1) is 6.92 Å². The first-order chi connectivity index (χ1) is 7.08. The molecule has 0 aromatic carbocycles. The summed E-state index contributed by atoms with van der Waals surface area (Å²) in [7, 11) is 0. The molecule has 0 aliphatic carbocycles. The third kappa shape index (κ3) is 2.53. The van der Waals surface area contributed by atoms with E-state index in [0.29, 0.717) is 0 Å². The highest BCUT2D eigenvalue weighted by Gasteiger charge is 2.14. The minimum atomic E-state index is -0.0115. The molecule has 80 valence electrons. The summed E-state index contributed by atoms with van der Waals surface area (Å²) in [6.07, 6.45) is 0. The Balaban J connectivity index is 2.31. The van der Waals surface area contributed by atoms with Crippen LogP contribution in [0.5, 0.6) is 0 Å².